The monoisotopic (exact) mass is 236 g/mol. The van der Waals surface area contributed by atoms with E-state index in [4.69, 9.17) is 5.11 Å². The first-order valence-corrected chi connectivity index (χ1v) is 5.76. The molecule has 0 aliphatic heterocycles. The summed E-state index contributed by atoms with van der Waals surface area (Å²) in [7, 11) is 2.05. The minimum atomic E-state index is -0.982. The highest BCUT2D eigenvalue weighted by atomic mass is 16.4. The Morgan fingerprint density at radius 3 is 2.71 bits per heavy atom. The molecule has 0 aromatic carbocycles. The molecular weight excluding hydrogens is 216 g/mol. The van der Waals surface area contributed by atoms with Crippen LogP contribution in [0.2, 0.25) is 0 Å². The number of hydrogen-bond acceptors (Lipinski definition) is 3. The third kappa shape index (κ3) is 3.53. The van der Waals surface area contributed by atoms with Crippen LogP contribution in [0.1, 0.15) is 43.2 Å². The van der Waals surface area contributed by atoms with Crippen LogP contribution in [-0.2, 0) is 6.54 Å². The number of aromatic nitrogens is 1. The topological polar surface area (TPSA) is 53.4 Å². The number of aromatic carboxylic acids is 1. The second-order valence-electron chi connectivity index (χ2n) is 4.88. The van der Waals surface area contributed by atoms with Crippen LogP contribution in [0.15, 0.2) is 18.3 Å². The Balaban J connectivity index is 2.82. The van der Waals surface area contributed by atoms with Crippen molar-refractivity contribution in [2.45, 2.75) is 39.3 Å². The molecule has 4 nitrogen and oxygen atoms in total. The Morgan fingerprint density at radius 2 is 2.18 bits per heavy atom. The minimum Gasteiger partial charge on any atom is -0.477 e. The van der Waals surface area contributed by atoms with Crippen LogP contribution < -0.4 is 0 Å². The molecule has 0 aliphatic rings. The minimum absolute atomic E-state index is 0.102. The van der Waals surface area contributed by atoms with Gasteiger partial charge in [-0.1, -0.05) is 6.92 Å². The molecule has 0 unspecified atom stereocenters. The van der Waals surface area contributed by atoms with E-state index in [1.807, 2.05) is 13.1 Å². The molecule has 1 rings (SSSR count). The summed E-state index contributed by atoms with van der Waals surface area (Å²) in [4.78, 5) is 16.8. The summed E-state index contributed by atoms with van der Waals surface area (Å²) in [5.74, 6) is -0.982. The third-order valence-corrected chi connectivity index (χ3v) is 3.36. The Bertz CT molecular complexity index is 402. The molecule has 0 atom stereocenters. The summed E-state index contributed by atoms with van der Waals surface area (Å²) in [6.07, 6.45) is 2.59. The summed E-state index contributed by atoms with van der Waals surface area (Å²) >= 11 is 0. The van der Waals surface area contributed by atoms with Crippen molar-refractivity contribution in [3.8, 4) is 0 Å². The maximum Gasteiger partial charge on any atom is 0.354 e. The zero-order valence-electron chi connectivity index (χ0n) is 10.9. The van der Waals surface area contributed by atoms with Gasteiger partial charge in [0.2, 0.25) is 0 Å². The van der Waals surface area contributed by atoms with E-state index in [9.17, 15) is 4.79 Å². The van der Waals surface area contributed by atoms with Gasteiger partial charge in [-0.25, -0.2) is 9.78 Å². The highest BCUT2D eigenvalue weighted by Crippen LogP contribution is 2.19. The number of pyridine rings is 1. The van der Waals surface area contributed by atoms with Crippen molar-refractivity contribution in [1.29, 1.82) is 0 Å². The summed E-state index contributed by atoms with van der Waals surface area (Å²) in [5.41, 5.74) is 1.18. The molecule has 1 heterocycles. The van der Waals surface area contributed by atoms with E-state index in [2.05, 4.69) is 30.7 Å². The van der Waals surface area contributed by atoms with Gasteiger partial charge in [-0.2, -0.15) is 0 Å². The molecule has 0 amide bonds. The molecule has 0 fully saturated rings. The van der Waals surface area contributed by atoms with Crippen LogP contribution in [0.25, 0.3) is 0 Å². The molecule has 0 spiro atoms. The molecule has 94 valence electrons. The Kier molecular flexibility index (Phi) is 4.23. The molecule has 1 N–H and O–H groups in total. The molecule has 0 saturated carbocycles. The van der Waals surface area contributed by atoms with Gasteiger partial charge >= 0.3 is 5.97 Å². The lowest BCUT2D eigenvalue weighted by Gasteiger charge is -2.34. The largest absolute Gasteiger partial charge is 0.477 e. The fourth-order valence-corrected chi connectivity index (χ4v) is 1.45. The molecule has 0 radical (unpaired) electrons. The molecule has 1 aromatic heterocycles. The van der Waals surface area contributed by atoms with Gasteiger partial charge in [0.1, 0.15) is 5.69 Å². The van der Waals surface area contributed by atoms with Crippen LogP contribution in [0, 0.1) is 0 Å². The van der Waals surface area contributed by atoms with E-state index in [0.29, 0.717) is 0 Å². The number of carbonyl (C=O) groups is 1. The zero-order valence-corrected chi connectivity index (χ0v) is 10.9. The van der Waals surface area contributed by atoms with Crippen molar-refractivity contribution in [3.63, 3.8) is 0 Å². The van der Waals surface area contributed by atoms with Crippen molar-refractivity contribution in [3.05, 3.63) is 29.6 Å². The molecule has 0 bridgehead atoms. The van der Waals surface area contributed by atoms with Crippen LogP contribution in [-0.4, -0.2) is 33.5 Å². The lowest BCUT2D eigenvalue weighted by Crippen LogP contribution is -2.39. The maximum absolute atomic E-state index is 10.8. The number of carboxylic acid groups (broad SMARTS) is 1. The lowest BCUT2D eigenvalue weighted by molar-refractivity contribution is 0.0690. The normalized spacial score (nSPS) is 11.8. The van der Waals surface area contributed by atoms with E-state index in [0.717, 1.165) is 18.5 Å². The summed E-state index contributed by atoms with van der Waals surface area (Å²) < 4.78 is 0. The van der Waals surface area contributed by atoms with Gasteiger partial charge < -0.3 is 5.11 Å². The first kappa shape index (κ1) is 13.6. The lowest BCUT2D eigenvalue weighted by atomic mass is 9.99. The second-order valence-corrected chi connectivity index (χ2v) is 4.88. The van der Waals surface area contributed by atoms with Gasteiger partial charge in [-0.3, -0.25) is 4.90 Å². The smallest absolute Gasteiger partial charge is 0.354 e. The van der Waals surface area contributed by atoms with Gasteiger partial charge in [-0.15, -0.1) is 0 Å². The quantitative estimate of drug-likeness (QED) is 0.853. The van der Waals surface area contributed by atoms with Crippen LogP contribution in [0.3, 0.4) is 0 Å². The van der Waals surface area contributed by atoms with Gasteiger partial charge in [-0.05, 0) is 45.0 Å². The molecular formula is C13H20N2O2. The SMILES string of the molecule is CCC(C)(C)N(C)Cc1ccnc(C(=O)O)c1. The molecule has 17 heavy (non-hydrogen) atoms. The second kappa shape index (κ2) is 5.27. The first-order valence-electron chi connectivity index (χ1n) is 5.76. The zero-order chi connectivity index (χ0) is 13.1. The van der Waals surface area contributed by atoms with Crippen LogP contribution >= 0.6 is 0 Å². The summed E-state index contributed by atoms with van der Waals surface area (Å²) in [5, 5.41) is 8.87. The van der Waals surface area contributed by atoms with E-state index < -0.39 is 5.97 Å². The van der Waals surface area contributed by atoms with Crippen molar-refractivity contribution in [2.75, 3.05) is 7.05 Å². The summed E-state index contributed by atoms with van der Waals surface area (Å²) in [6.45, 7) is 7.22. The fourth-order valence-electron chi connectivity index (χ4n) is 1.45. The van der Waals surface area contributed by atoms with E-state index in [1.54, 1.807) is 12.3 Å². The highest BCUT2D eigenvalue weighted by Gasteiger charge is 2.21. The van der Waals surface area contributed by atoms with Crippen LogP contribution in [0.5, 0.6) is 0 Å². The predicted octanol–water partition coefficient (Wildman–Crippen LogP) is 2.40. The van der Waals surface area contributed by atoms with E-state index >= 15 is 0 Å². The molecule has 0 saturated heterocycles. The average Bonchev–Trinajstić information content (AvgIpc) is 2.29. The van der Waals surface area contributed by atoms with Gasteiger partial charge in [0.25, 0.3) is 0 Å². The van der Waals surface area contributed by atoms with Crippen molar-refractivity contribution in [1.82, 2.24) is 9.88 Å². The average molecular weight is 236 g/mol. The highest BCUT2D eigenvalue weighted by molar-refractivity contribution is 5.85. The first-order chi connectivity index (χ1) is 7.86. The van der Waals surface area contributed by atoms with Gasteiger partial charge in [0.15, 0.2) is 0 Å². The standard InChI is InChI=1S/C13H20N2O2/c1-5-13(2,3)15(4)9-10-6-7-14-11(8-10)12(16)17/h6-8H,5,9H2,1-4H3,(H,16,17). The van der Waals surface area contributed by atoms with Gasteiger partial charge in [0, 0.05) is 18.3 Å². The number of hydrogen-bond donors (Lipinski definition) is 1. The van der Waals surface area contributed by atoms with E-state index in [-0.39, 0.29) is 11.2 Å². The Hall–Kier alpha value is -1.42. The predicted molar refractivity (Wildman–Crippen MR) is 67.0 cm³/mol. The fraction of sp³-hybridized carbons (Fsp3) is 0.538. The van der Waals surface area contributed by atoms with Crippen molar-refractivity contribution >= 4 is 5.97 Å². The number of nitrogens with zero attached hydrogens (tertiary/aromatic N) is 2. The third-order valence-electron chi connectivity index (χ3n) is 3.36. The number of rotatable bonds is 5. The molecule has 1 aromatic rings. The van der Waals surface area contributed by atoms with Crippen molar-refractivity contribution < 1.29 is 9.90 Å². The van der Waals surface area contributed by atoms with Crippen LogP contribution in [0.4, 0.5) is 0 Å². The van der Waals surface area contributed by atoms with E-state index in [1.165, 1.54) is 0 Å². The van der Waals surface area contributed by atoms with Crippen molar-refractivity contribution in [2.24, 2.45) is 0 Å². The number of carboxylic acids is 1. The van der Waals surface area contributed by atoms with Gasteiger partial charge in [0.05, 0.1) is 0 Å². The maximum atomic E-state index is 10.8. The molecule has 4 heteroatoms. The summed E-state index contributed by atoms with van der Waals surface area (Å²) in [6, 6.07) is 3.49. The molecule has 0 aliphatic carbocycles. The Morgan fingerprint density at radius 1 is 1.53 bits per heavy atom. The Labute approximate surface area is 102 Å².